The molecular formula is C36H32N2O8. The minimum Gasteiger partial charge on any atom is -0.346 e. The summed E-state index contributed by atoms with van der Waals surface area (Å²) in [4.78, 5) is 103. The Bertz CT molecular complexity index is 1780. The van der Waals surface area contributed by atoms with Crippen LogP contribution < -0.4 is 10.6 Å². The summed E-state index contributed by atoms with van der Waals surface area (Å²) in [5.74, 6) is -1.73. The van der Waals surface area contributed by atoms with Crippen molar-refractivity contribution in [1.29, 1.82) is 0 Å². The SMILES string of the molecule is O=Cc1cccc(-c2ccc(C(=O)C3CCCCC(=O)N3)c(C(=O)C3CCCCC(=O)N3)c2-c2cccc(C=O)c2C=O)c1C=O. The van der Waals surface area contributed by atoms with Crippen molar-refractivity contribution in [3.05, 3.63) is 81.9 Å². The van der Waals surface area contributed by atoms with Gasteiger partial charge >= 0.3 is 0 Å². The van der Waals surface area contributed by atoms with Crippen LogP contribution in [0.1, 0.15) is 114 Å². The van der Waals surface area contributed by atoms with Gasteiger partial charge in [0, 0.05) is 51.8 Å². The Morgan fingerprint density at radius 3 is 1.65 bits per heavy atom. The van der Waals surface area contributed by atoms with Crippen molar-refractivity contribution >= 4 is 48.5 Å². The number of benzene rings is 3. The van der Waals surface area contributed by atoms with Gasteiger partial charge in [0.1, 0.15) is 0 Å². The van der Waals surface area contributed by atoms with Gasteiger partial charge in [-0.1, -0.05) is 55.3 Å². The van der Waals surface area contributed by atoms with Crippen molar-refractivity contribution in [2.75, 3.05) is 0 Å². The average molecular weight is 621 g/mol. The van der Waals surface area contributed by atoms with E-state index in [-0.39, 0.29) is 86.7 Å². The number of hydrogen-bond donors (Lipinski definition) is 2. The monoisotopic (exact) mass is 620 g/mol. The normalized spacial score (nSPS) is 18.3. The van der Waals surface area contributed by atoms with Crippen LogP contribution in [-0.2, 0) is 9.59 Å². The maximum atomic E-state index is 14.7. The zero-order valence-corrected chi connectivity index (χ0v) is 25.0. The van der Waals surface area contributed by atoms with Crippen molar-refractivity contribution in [3.8, 4) is 22.3 Å². The fourth-order valence-electron chi connectivity index (χ4n) is 6.36. The molecule has 0 bridgehead atoms. The molecule has 0 aromatic heterocycles. The second-order valence-corrected chi connectivity index (χ2v) is 11.5. The number of aldehydes is 4. The van der Waals surface area contributed by atoms with E-state index in [4.69, 9.17) is 0 Å². The highest BCUT2D eigenvalue weighted by Gasteiger charge is 2.35. The molecule has 0 spiro atoms. The number of ketones is 2. The van der Waals surface area contributed by atoms with E-state index in [0.29, 0.717) is 57.2 Å². The Hall–Kier alpha value is -5.38. The summed E-state index contributed by atoms with van der Waals surface area (Å²) in [6.45, 7) is 0. The van der Waals surface area contributed by atoms with Gasteiger partial charge in [-0.2, -0.15) is 0 Å². The van der Waals surface area contributed by atoms with Gasteiger partial charge in [-0.05, 0) is 48.4 Å². The van der Waals surface area contributed by atoms with Crippen molar-refractivity contribution in [3.63, 3.8) is 0 Å². The first kappa shape index (κ1) is 32.0. The maximum absolute atomic E-state index is 14.7. The second kappa shape index (κ2) is 14.2. The Balaban J connectivity index is 1.90. The average Bonchev–Trinajstić information content (AvgIpc) is 3.45. The van der Waals surface area contributed by atoms with E-state index < -0.39 is 23.7 Å². The highest BCUT2D eigenvalue weighted by molar-refractivity contribution is 6.20. The lowest BCUT2D eigenvalue weighted by Gasteiger charge is -2.25. The number of Topliss-reactive ketones (excluding diaryl/α,β-unsaturated/α-hetero) is 2. The van der Waals surface area contributed by atoms with Gasteiger partial charge in [-0.15, -0.1) is 0 Å². The standard InChI is InChI=1S/C36H32N2O8/c39-17-21-7-5-9-23(27(21)19-41)25-15-16-26(35(45)29-11-1-3-13-31(43)37-29)34(36(46)30-12-2-4-14-32(44)38-30)33(25)24-10-6-8-22(18-40)28(24)20-42/h5-10,15-20,29-30H,1-4,11-14H2,(H,37,43)(H,38,44). The first-order valence-electron chi connectivity index (χ1n) is 15.2. The zero-order valence-electron chi connectivity index (χ0n) is 25.0. The first-order valence-corrected chi connectivity index (χ1v) is 15.2. The number of carbonyl (C=O) groups is 8. The second-order valence-electron chi connectivity index (χ2n) is 11.5. The molecular weight excluding hydrogens is 588 g/mol. The van der Waals surface area contributed by atoms with Crippen LogP contribution in [0.5, 0.6) is 0 Å². The number of nitrogens with one attached hydrogen (secondary N) is 2. The third-order valence-corrected chi connectivity index (χ3v) is 8.64. The van der Waals surface area contributed by atoms with Gasteiger partial charge < -0.3 is 10.6 Å². The molecule has 2 heterocycles. The van der Waals surface area contributed by atoms with Crippen molar-refractivity contribution in [1.82, 2.24) is 10.6 Å². The van der Waals surface area contributed by atoms with E-state index in [1.54, 1.807) is 12.1 Å². The number of rotatable bonds is 10. The molecule has 0 saturated carbocycles. The molecule has 0 radical (unpaired) electrons. The molecule has 2 N–H and O–H groups in total. The maximum Gasteiger partial charge on any atom is 0.220 e. The number of hydrogen-bond acceptors (Lipinski definition) is 8. The molecule has 2 saturated heterocycles. The molecule has 10 nitrogen and oxygen atoms in total. The summed E-state index contributed by atoms with van der Waals surface area (Å²) in [5.41, 5.74) is 0.668. The lowest BCUT2D eigenvalue weighted by molar-refractivity contribution is -0.122. The van der Waals surface area contributed by atoms with Crippen LogP contribution in [0.15, 0.2) is 48.5 Å². The van der Waals surface area contributed by atoms with Gasteiger partial charge in [0.05, 0.1) is 12.1 Å². The quantitative estimate of drug-likeness (QED) is 0.242. The molecule has 2 fully saturated rings. The highest BCUT2D eigenvalue weighted by atomic mass is 16.2. The minimum absolute atomic E-state index is 0.0224. The van der Waals surface area contributed by atoms with E-state index >= 15 is 0 Å². The topological polar surface area (TPSA) is 161 Å². The summed E-state index contributed by atoms with van der Waals surface area (Å²) < 4.78 is 0. The van der Waals surface area contributed by atoms with Crippen LogP contribution in [0.25, 0.3) is 22.3 Å². The van der Waals surface area contributed by atoms with Crippen LogP contribution in [0.4, 0.5) is 0 Å². The largest absolute Gasteiger partial charge is 0.346 e. The molecule has 3 aromatic carbocycles. The number of amides is 2. The molecule has 234 valence electrons. The van der Waals surface area contributed by atoms with E-state index in [2.05, 4.69) is 10.6 Å². The molecule has 10 heteroatoms. The van der Waals surface area contributed by atoms with Crippen LogP contribution in [0, 0.1) is 0 Å². The molecule has 2 aliphatic heterocycles. The number of carbonyl (C=O) groups excluding carboxylic acids is 8. The molecule has 2 amide bonds. The first-order chi connectivity index (χ1) is 22.3. The Morgan fingerprint density at radius 1 is 0.587 bits per heavy atom. The van der Waals surface area contributed by atoms with Crippen molar-refractivity contribution < 1.29 is 38.4 Å². The van der Waals surface area contributed by atoms with Crippen molar-refractivity contribution in [2.45, 2.75) is 63.5 Å². The summed E-state index contributed by atoms with van der Waals surface area (Å²) >= 11 is 0. The fraction of sp³-hybridized carbons (Fsp3) is 0.278. The van der Waals surface area contributed by atoms with Crippen LogP contribution in [0.3, 0.4) is 0 Å². The van der Waals surface area contributed by atoms with E-state index in [1.165, 1.54) is 36.4 Å². The summed E-state index contributed by atoms with van der Waals surface area (Å²) in [6, 6.07) is 10.1. The zero-order chi connectivity index (χ0) is 32.8. The van der Waals surface area contributed by atoms with Crippen LogP contribution in [0.2, 0.25) is 0 Å². The minimum atomic E-state index is -1.01. The molecule has 2 unspecified atom stereocenters. The molecule has 3 aromatic rings. The summed E-state index contributed by atoms with van der Waals surface area (Å²) in [5, 5.41) is 5.53. The van der Waals surface area contributed by atoms with E-state index in [9.17, 15) is 38.4 Å². The van der Waals surface area contributed by atoms with E-state index in [0.717, 1.165) is 0 Å². The van der Waals surface area contributed by atoms with Crippen molar-refractivity contribution in [2.24, 2.45) is 0 Å². The molecule has 5 rings (SSSR count). The van der Waals surface area contributed by atoms with Crippen LogP contribution in [-0.4, -0.2) is 60.6 Å². The molecule has 0 aliphatic carbocycles. The lowest BCUT2D eigenvalue weighted by Crippen LogP contribution is -2.42. The molecule has 2 aliphatic rings. The van der Waals surface area contributed by atoms with Gasteiger partial charge in [0.2, 0.25) is 11.8 Å². The highest BCUT2D eigenvalue weighted by Crippen LogP contribution is 2.41. The fourth-order valence-corrected chi connectivity index (χ4v) is 6.36. The lowest BCUT2D eigenvalue weighted by atomic mass is 9.79. The Labute approximate surface area is 264 Å². The molecule has 2 atom stereocenters. The smallest absolute Gasteiger partial charge is 0.220 e. The van der Waals surface area contributed by atoms with Gasteiger partial charge in [-0.3, -0.25) is 38.4 Å². The van der Waals surface area contributed by atoms with Crippen LogP contribution >= 0.6 is 0 Å². The third kappa shape index (κ3) is 6.24. The predicted octanol–water partition coefficient (Wildman–Crippen LogP) is 4.75. The van der Waals surface area contributed by atoms with Gasteiger partial charge in [-0.25, -0.2) is 0 Å². The predicted molar refractivity (Wildman–Crippen MR) is 168 cm³/mol. The van der Waals surface area contributed by atoms with Gasteiger partial charge in [0.15, 0.2) is 36.7 Å². The summed E-state index contributed by atoms with van der Waals surface area (Å²) in [6.07, 6.45) is 5.46. The third-order valence-electron chi connectivity index (χ3n) is 8.64. The van der Waals surface area contributed by atoms with E-state index in [1.807, 2.05) is 0 Å². The Morgan fingerprint density at radius 2 is 1.11 bits per heavy atom. The molecule has 46 heavy (non-hydrogen) atoms. The Kier molecular flexibility index (Phi) is 9.85. The summed E-state index contributed by atoms with van der Waals surface area (Å²) in [7, 11) is 0. The van der Waals surface area contributed by atoms with Gasteiger partial charge in [0.25, 0.3) is 0 Å².